The third kappa shape index (κ3) is 3.62. The average Bonchev–Trinajstić information content (AvgIpc) is 2.40. The number of nitrogens with zero attached hydrogens (tertiary/aromatic N) is 2. The normalized spacial score (nSPS) is 17.1. The molecule has 0 aromatic carbocycles. The number of rotatable bonds is 5. The molecule has 20 heavy (non-hydrogen) atoms. The summed E-state index contributed by atoms with van der Waals surface area (Å²) in [5.74, 6) is -0.989. The molecule has 1 aliphatic heterocycles. The van der Waals surface area contributed by atoms with Crippen LogP contribution in [0, 0.1) is 0 Å². The van der Waals surface area contributed by atoms with Crippen LogP contribution in [0.2, 0.25) is 0 Å². The van der Waals surface area contributed by atoms with Crippen molar-refractivity contribution in [3.63, 3.8) is 0 Å². The van der Waals surface area contributed by atoms with Crippen LogP contribution in [-0.4, -0.2) is 64.8 Å². The van der Waals surface area contributed by atoms with Gasteiger partial charge in [-0.05, 0) is 40.5 Å². The summed E-state index contributed by atoms with van der Waals surface area (Å²) in [6, 6.07) is -0.199. The standard InChI is InChI=1S/C14H26N2O4/c1-5-16(14(3,4)12(17)18)13(19)15-9-7-11(8-10-15)20-6-2/h11H,5-10H2,1-4H3,(H,17,18). The first kappa shape index (κ1) is 16.8. The lowest BCUT2D eigenvalue weighted by molar-refractivity contribution is -0.147. The molecule has 116 valence electrons. The van der Waals surface area contributed by atoms with Crippen molar-refractivity contribution in [1.82, 2.24) is 9.80 Å². The Morgan fingerprint density at radius 3 is 2.25 bits per heavy atom. The van der Waals surface area contributed by atoms with Crippen molar-refractivity contribution < 1.29 is 19.4 Å². The van der Waals surface area contributed by atoms with Crippen LogP contribution < -0.4 is 0 Å². The molecule has 6 nitrogen and oxygen atoms in total. The Morgan fingerprint density at radius 2 is 1.85 bits per heavy atom. The van der Waals surface area contributed by atoms with Crippen molar-refractivity contribution in [2.24, 2.45) is 0 Å². The largest absolute Gasteiger partial charge is 0.480 e. The van der Waals surface area contributed by atoms with Crippen molar-refractivity contribution in [1.29, 1.82) is 0 Å². The van der Waals surface area contributed by atoms with Crippen LogP contribution in [0.25, 0.3) is 0 Å². The number of carbonyl (C=O) groups is 2. The fourth-order valence-electron chi connectivity index (χ4n) is 2.51. The maximum absolute atomic E-state index is 12.5. The summed E-state index contributed by atoms with van der Waals surface area (Å²) < 4.78 is 5.56. The van der Waals surface area contributed by atoms with E-state index in [0.717, 1.165) is 12.8 Å². The lowest BCUT2D eigenvalue weighted by atomic mass is 10.0. The highest BCUT2D eigenvalue weighted by atomic mass is 16.5. The molecule has 1 N–H and O–H groups in total. The molecule has 1 aliphatic rings. The molecular formula is C14H26N2O4. The van der Waals surface area contributed by atoms with Crippen LogP contribution >= 0.6 is 0 Å². The van der Waals surface area contributed by atoms with Gasteiger partial charge in [-0.15, -0.1) is 0 Å². The average molecular weight is 286 g/mol. The van der Waals surface area contributed by atoms with Crippen molar-refractivity contribution >= 4 is 12.0 Å². The first-order valence-corrected chi connectivity index (χ1v) is 7.26. The lowest BCUT2D eigenvalue weighted by Crippen LogP contribution is -2.58. The van der Waals surface area contributed by atoms with Crippen LogP contribution in [0.1, 0.15) is 40.5 Å². The Bertz CT molecular complexity index is 349. The van der Waals surface area contributed by atoms with Gasteiger partial charge in [0, 0.05) is 26.2 Å². The topological polar surface area (TPSA) is 70.1 Å². The van der Waals surface area contributed by atoms with Crippen molar-refractivity contribution in [2.45, 2.75) is 52.2 Å². The number of carboxylic acid groups (broad SMARTS) is 1. The first-order valence-electron chi connectivity index (χ1n) is 7.26. The summed E-state index contributed by atoms with van der Waals surface area (Å²) in [4.78, 5) is 26.9. The van der Waals surface area contributed by atoms with E-state index in [1.54, 1.807) is 25.7 Å². The third-order valence-corrected chi connectivity index (χ3v) is 3.86. The van der Waals surface area contributed by atoms with Crippen LogP contribution in [0.4, 0.5) is 4.79 Å². The maximum Gasteiger partial charge on any atom is 0.329 e. The fourth-order valence-corrected chi connectivity index (χ4v) is 2.51. The maximum atomic E-state index is 12.5. The molecular weight excluding hydrogens is 260 g/mol. The van der Waals surface area contributed by atoms with Gasteiger partial charge in [0.25, 0.3) is 0 Å². The fraction of sp³-hybridized carbons (Fsp3) is 0.857. The van der Waals surface area contributed by atoms with Crippen LogP contribution in [-0.2, 0) is 9.53 Å². The monoisotopic (exact) mass is 286 g/mol. The van der Waals surface area contributed by atoms with E-state index in [4.69, 9.17) is 4.74 Å². The second kappa shape index (κ2) is 6.92. The Hall–Kier alpha value is -1.30. The third-order valence-electron chi connectivity index (χ3n) is 3.86. The first-order chi connectivity index (χ1) is 9.34. The predicted octanol–water partition coefficient (Wildman–Crippen LogP) is 1.79. The molecule has 1 saturated heterocycles. The highest BCUT2D eigenvalue weighted by Crippen LogP contribution is 2.20. The summed E-state index contributed by atoms with van der Waals surface area (Å²) in [7, 11) is 0. The van der Waals surface area contributed by atoms with Crippen LogP contribution in [0.15, 0.2) is 0 Å². The van der Waals surface area contributed by atoms with Gasteiger partial charge in [-0.1, -0.05) is 0 Å². The number of likely N-dealkylation sites (tertiary alicyclic amines) is 1. The number of aliphatic carboxylic acids is 1. The molecule has 0 aromatic rings. The minimum Gasteiger partial charge on any atom is -0.480 e. The van der Waals surface area contributed by atoms with E-state index in [0.29, 0.717) is 26.2 Å². The van der Waals surface area contributed by atoms with Gasteiger partial charge < -0.3 is 19.6 Å². The zero-order chi connectivity index (χ0) is 15.3. The van der Waals surface area contributed by atoms with E-state index in [1.807, 2.05) is 6.92 Å². The van der Waals surface area contributed by atoms with Gasteiger partial charge >= 0.3 is 12.0 Å². The molecule has 2 amide bonds. The zero-order valence-electron chi connectivity index (χ0n) is 12.9. The van der Waals surface area contributed by atoms with Gasteiger partial charge in [0.15, 0.2) is 0 Å². The smallest absolute Gasteiger partial charge is 0.329 e. The quantitative estimate of drug-likeness (QED) is 0.836. The van der Waals surface area contributed by atoms with E-state index in [-0.39, 0.29) is 12.1 Å². The van der Waals surface area contributed by atoms with E-state index in [2.05, 4.69) is 0 Å². The number of urea groups is 1. The molecule has 0 spiro atoms. The molecule has 1 fully saturated rings. The highest BCUT2D eigenvalue weighted by Gasteiger charge is 2.39. The Labute approximate surface area is 120 Å². The second-order valence-corrected chi connectivity index (χ2v) is 5.53. The molecule has 0 saturated carbocycles. The number of hydrogen-bond acceptors (Lipinski definition) is 3. The van der Waals surface area contributed by atoms with Gasteiger partial charge in [0.05, 0.1) is 6.10 Å². The van der Waals surface area contributed by atoms with Crippen molar-refractivity contribution in [3.8, 4) is 0 Å². The number of piperidine rings is 1. The summed E-state index contributed by atoms with van der Waals surface area (Å²) in [5, 5.41) is 9.27. The Kier molecular flexibility index (Phi) is 5.80. The summed E-state index contributed by atoms with van der Waals surface area (Å²) in [6.07, 6.45) is 1.83. The van der Waals surface area contributed by atoms with Gasteiger partial charge in [-0.3, -0.25) is 0 Å². The summed E-state index contributed by atoms with van der Waals surface area (Å²) in [6.45, 7) is 9.19. The molecule has 6 heteroatoms. The summed E-state index contributed by atoms with van der Waals surface area (Å²) in [5.41, 5.74) is -1.19. The van der Waals surface area contributed by atoms with E-state index >= 15 is 0 Å². The molecule has 0 bridgehead atoms. The SMILES string of the molecule is CCOC1CCN(C(=O)N(CC)C(C)(C)C(=O)O)CC1. The van der Waals surface area contributed by atoms with Crippen molar-refractivity contribution in [3.05, 3.63) is 0 Å². The number of likely N-dealkylation sites (N-methyl/N-ethyl adjacent to an activating group) is 1. The predicted molar refractivity (Wildman–Crippen MR) is 75.7 cm³/mol. The minimum atomic E-state index is -1.19. The Morgan fingerprint density at radius 1 is 1.30 bits per heavy atom. The van der Waals surface area contributed by atoms with Crippen LogP contribution in [0.3, 0.4) is 0 Å². The van der Waals surface area contributed by atoms with Gasteiger partial charge in [0.1, 0.15) is 5.54 Å². The molecule has 0 unspecified atom stereocenters. The number of carboxylic acids is 1. The molecule has 0 atom stereocenters. The van der Waals surface area contributed by atoms with E-state index in [1.165, 1.54) is 4.90 Å². The van der Waals surface area contributed by atoms with Crippen molar-refractivity contribution in [2.75, 3.05) is 26.2 Å². The van der Waals surface area contributed by atoms with Gasteiger partial charge in [-0.2, -0.15) is 0 Å². The lowest BCUT2D eigenvalue weighted by Gasteiger charge is -2.40. The molecule has 1 heterocycles. The number of amides is 2. The van der Waals surface area contributed by atoms with Gasteiger partial charge in [0.2, 0.25) is 0 Å². The van der Waals surface area contributed by atoms with Crippen LogP contribution in [0.5, 0.6) is 0 Å². The molecule has 0 aliphatic carbocycles. The number of carbonyl (C=O) groups excluding carboxylic acids is 1. The van der Waals surface area contributed by atoms with Gasteiger partial charge in [-0.25, -0.2) is 9.59 Å². The second-order valence-electron chi connectivity index (χ2n) is 5.53. The number of ether oxygens (including phenoxy) is 1. The molecule has 0 radical (unpaired) electrons. The molecule has 0 aromatic heterocycles. The number of hydrogen-bond donors (Lipinski definition) is 1. The molecule has 1 rings (SSSR count). The highest BCUT2D eigenvalue weighted by molar-refractivity contribution is 5.85. The van der Waals surface area contributed by atoms with E-state index < -0.39 is 11.5 Å². The Balaban J connectivity index is 2.67. The summed E-state index contributed by atoms with van der Waals surface area (Å²) >= 11 is 0. The minimum absolute atomic E-state index is 0.199. The zero-order valence-corrected chi connectivity index (χ0v) is 12.9. The van der Waals surface area contributed by atoms with E-state index in [9.17, 15) is 14.7 Å².